The number of carbonyl (C=O) groups is 1. The van der Waals surface area contributed by atoms with Crippen LogP contribution in [0.25, 0.3) is 5.70 Å². The normalized spacial score (nSPS) is 22.3. The summed E-state index contributed by atoms with van der Waals surface area (Å²) in [7, 11) is 0. The molecule has 1 aliphatic heterocycles. The fourth-order valence-electron chi connectivity index (χ4n) is 3.87. The van der Waals surface area contributed by atoms with Gasteiger partial charge < -0.3 is 26.4 Å². The number of benzene rings is 1. The Bertz CT molecular complexity index is 1090. The molecule has 4 rings (SSSR count). The van der Waals surface area contributed by atoms with E-state index in [4.69, 9.17) is 16.9 Å². The summed E-state index contributed by atoms with van der Waals surface area (Å²) in [6.07, 6.45) is 0.414. The van der Waals surface area contributed by atoms with Gasteiger partial charge in [0.05, 0.1) is 5.56 Å². The van der Waals surface area contributed by atoms with Gasteiger partial charge in [0.25, 0.3) is 5.91 Å². The van der Waals surface area contributed by atoms with E-state index in [0.29, 0.717) is 35.2 Å². The van der Waals surface area contributed by atoms with Gasteiger partial charge in [-0.25, -0.2) is 4.98 Å². The summed E-state index contributed by atoms with van der Waals surface area (Å²) < 4.78 is 40.7. The first kappa shape index (κ1) is 21.6. The molecule has 2 unspecified atom stereocenters. The summed E-state index contributed by atoms with van der Waals surface area (Å²) >= 11 is 0. The van der Waals surface area contributed by atoms with Crippen LogP contribution >= 0.6 is 0 Å². The van der Waals surface area contributed by atoms with Crippen LogP contribution in [0.3, 0.4) is 0 Å². The molecular formula is C21H22F3N6O2+. The van der Waals surface area contributed by atoms with Gasteiger partial charge in [-0.05, 0) is 42.7 Å². The molecule has 1 aliphatic carbocycles. The van der Waals surface area contributed by atoms with Crippen LogP contribution in [-0.4, -0.2) is 42.1 Å². The maximum absolute atomic E-state index is 12.7. The van der Waals surface area contributed by atoms with E-state index < -0.39 is 12.3 Å². The molecule has 11 heteroatoms. The molecule has 2 aliphatic rings. The summed E-state index contributed by atoms with van der Waals surface area (Å²) in [6.45, 7) is 1.41. The number of carbonyl (C=O) groups excluding carboxylic acids is 1. The maximum Gasteiger partial charge on any atom is 0.573 e. The van der Waals surface area contributed by atoms with Crippen molar-refractivity contribution in [1.29, 1.82) is 0 Å². The zero-order valence-electron chi connectivity index (χ0n) is 16.9. The topological polar surface area (TPSA) is 132 Å². The second-order valence-electron chi connectivity index (χ2n) is 7.95. The Hall–Kier alpha value is -3.60. The molecule has 32 heavy (non-hydrogen) atoms. The largest absolute Gasteiger partial charge is 0.573 e. The first-order valence-corrected chi connectivity index (χ1v) is 9.80. The molecule has 0 bridgehead atoms. The van der Waals surface area contributed by atoms with E-state index in [1.165, 1.54) is 30.6 Å². The Balaban J connectivity index is 1.54. The summed E-state index contributed by atoms with van der Waals surface area (Å²) in [4.78, 5) is 19.2. The van der Waals surface area contributed by atoms with E-state index in [9.17, 15) is 18.0 Å². The number of alkyl halides is 3. The van der Waals surface area contributed by atoms with Crippen molar-refractivity contribution in [1.82, 2.24) is 4.98 Å². The Morgan fingerprint density at radius 1 is 1.34 bits per heavy atom. The molecular weight excluding hydrogens is 425 g/mol. The highest BCUT2D eigenvalue weighted by molar-refractivity contribution is 6.05. The quantitative estimate of drug-likeness (QED) is 0.487. The molecule has 0 spiro atoms. The molecule has 8 nitrogen and oxygen atoms in total. The van der Waals surface area contributed by atoms with Gasteiger partial charge in [0.1, 0.15) is 11.6 Å². The molecule has 2 aromatic rings. The van der Waals surface area contributed by atoms with Crippen molar-refractivity contribution < 1.29 is 28.1 Å². The molecule has 2 atom stereocenters. The third kappa shape index (κ3) is 4.52. The van der Waals surface area contributed by atoms with Crippen molar-refractivity contribution in [3.8, 4) is 5.75 Å². The number of hydrogen-bond acceptors (Lipinski definition) is 6. The zero-order chi connectivity index (χ0) is 23.1. The highest BCUT2D eigenvalue weighted by Crippen LogP contribution is 2.48. The van der Waals surface area contributed by atoms with Crippen molar-refractivity contribution >= 4 is 29.3 Å². The molecule has 1 aromatic carbocycles. The monoisotopic (exact) mass is 447 g/mol. The lowest BCUT2D eigenvalue weighted by Crippen LogP contribution is -2.34. The van der Waals surface area contributed by atoms with Crippen LogP contribution in [0.15, 0.2) is 42.6 Å². The Kier molecular flexibility index (Phi) is 5.29. The van der Waals surface area contributed by atoms with Crippen molar-refractivity contribution in [3.05, 3.63) is 53.7 Å². The van der Waals surface area contributed by atoms with Gasteiger partial charge in [-0.15, -0.1) is 13.2 Å². The summed E-state index contributed by atoms with van der Waals surface area (Å²) in [5.41, 5.74) is 13.6. The Morgan fingerprint density at radius 2 is 2.06 bits per heavy atom. The first-order chi connectivity index (χ1) is 15.1. The van der Waals surface area contributed by atoms with E-state index in [1.807, 2.05) is 4.90 Å². The summed E-state index contributed by atoms with van der Waals surface area (Å²) in [5.74, 6) is 0.137. The van der Waals surface area contributed by atoms with E-state index >= 15 is 0 Å². The SMILES string of the molecule is NC(=CC=[NH2+])c1cc(C(=O)Nc2ccc(OC(F)(F)F)cc2)cnc1N1CC2CC2(N)C1. The standard InChI is InChI=1S/C21H21F3N6O2/c22-21(23,24)32-15-3-1-14(2-4-15)29-19(31)12-7-16(17(26)5-6-25)18(28-9-12)30-10-13-8-20(13,27)11-30/h1-7,9,13,25H,8,10-11,26-27H2,(H,29,31)/p+1. The average molecular weight is 447 g/mol. The second-order valence-corrected chi connectivity index (χ2v) is 7.95. The smallest absolute Gasteiger partial charge is 0.406 e. The number of amides is 1. The number of halogens is 3. The number of hydrogen-bond donors (Lipinski definition) is 4. The molecule has 2 fully saturated rings. The van der Waals surface area contributed by atoms with E-state index in [2.05, 4.69) is 15.0 Å². The van der Waals surface area contributed by atoms with Crippen LogP contribution in [0.4, 0.5) is 24.7 Å². The number of nitrogens with one attached hydrogen (secondary N) is 1. The number of nitrogens with zero attached hydrogens (tertiary/aromatic N) is 2. The van der Waals surface area contributed by atoms with Crippen LogP contribution in [-0.2, 0) is 0 Å². The van der Waals surface area contributed by atoms with E-state index in [0.717, 1.165) is 25.1 Å². The molecule has 0 radical (unpaired) electrons. The van der Waals surface area contributed by atoms with E-state index in [-0.39, 0.29) is 16.9 Å². The first-order valence-electron chi connectivity index (χ1n) is 9.80. The third-order valence-corrected chi connectivity index (χ3v) is 5.57. The second kappa shape index (κ2) is 7.83. The number of rotatable bonds is 6. The molecule has 1 aromatic heterocycles. The summed E-state index contributed by atoms with van der Waals surface area (Å²) in [5, 5.41) is 8.09. The number of aromatic nitrogens is 1. The average Bonchev–Trinajstić information content (AvgIpc) is 3.24. The Morgan fingerprint density at radius 3 is 2.66 bits per heavy atom. The van der Waals surface area contributed by atoms with Gasteiger partial charge in [0, 0.05) is 47.8 Å². The molecule has 1 saturated carbocycles. The fraction of sp³-hybridized carbons (Fsp3) is 0.286. The fourth-order valence-corrected chi connectivity index (χ4v) is 3.87. The molecule has 2 heterocycles. The predicted octanol–water partition coefficient (Wildman–Crippen LogP) is 0.899. The number of ether oxygens (including phenoxy) is 1. The van der Waals surface area contributed by atoms with Crippen molar-refractivity contribution in [2.75, 3.05) is 23.3 Å². The zero-order valence-corrected chi connectivity index (χ0v) is 16.9. The highest BCUT2D eigenvalue weighted by atomic mass is 19.4. The minimum atomic E-state index is -4.79. The number of piperidine rings is 1. The van der Waals surface area contributed by atoms with Gasteiger partial charge in [0.15, 0.2) is 6.21 Å². The number of pyridine rings is 1. The van der Waals surface area contributed by atoms with Crippen LogP contribution in [0.1, 0.15) is 22.3 Å². The molecule has 168 valence electrons. The van der Waals surface area contributed by atoms with Crippen molar-refractivity contribution in [2.45, 2.75) is 18.3 Å². The lowest BCUT2D eigenvalue weighted by atomic mass is 10.1. The third-order valence-electron chi connectivity index (χ3n) is 5.57. The minimum Gasteiger partial charge on any atom is -0.406 e. The van der Waals surface area contributed by atoms with Crippen LogP contribution in [0, 0.1) is 5.92 Å². The van der Waals surface area contributed by atoms with Gasteiger partial charge in [-0.3, -0.25) is 10.2 Å². The van der Waals surface area contributed by atoms with Crippen molar-refractivity contribution in [3.63, 3.8) is 0 Å². The number of nitrogens with two attached hydrogens (primary N) is 3. The number of anilines is 2. The minimum absolute atomic E-state index is 0.199. The van der Waals surface area contributed by atoms with Gasteiger partial charge in [0.2, 0.25) is 0 Å². The van der Waals surface area contributed by atoms with Gasteiger partial charge in [-0.2, -0.15) is 0 Å². The Labute approximate surface area is 181 Å². The van der Waals surface area contributed by atoms with Crippen LogP contribution < -0.4 is 31.8 Å². The maximum atomic E-state index is 12.7. The van der Waals surface area contributed by atoms with Gasteiger partial charge in [-0.1, -0.05) is 0 Å². The molecule has 1 saturated heterocycles. The lowest BCUT2D eigenvalue weighted by Gasteiger charge is -2.23. The van der Waals surface area contributed by atoms with Crippen LogP contribution in [0.5, 0.6) is 5.75 Å². The summed E-state index contributed by atoms with van der Waals surface area (Å²) in [6, 6.07) is 6.42. The van der Waals surface area contributed by atoms with Crippen LogP contribution in [0.2, 0.25) is 0 Å². The van der Waals surface area contributed by atoms with E-state index in [1.54, 1.807) is 6.07 Å². The highest BCUT2D eigenvalue weighted by Gasteiger charge is 2.57. The lowest BCUT2D eigenvalue weighted by molar-refractivity contribution is -0.274. The molecule has 1 amide bonds. The molecule has 7 N–H and O–H groups in total. The number of allylic oxidation sites excluding steroid dienone is 1. The number of fused-ring (bicyclic) bond motifs is 1. The van der Waals surface area contributed by atoms with Gasteiger partial charge >= 0.3 is 6.36 Å². The van der Waals surface area contributed by atoms with Crippen molar-refractivity contribution in [2.24, 2.45) is 17.4 Å². The predicted molar refractivity (Wildman–Crippen MR) is 113 cm³/mol.